The van der Waals surface area contributed by atoms with Crippen molar-refractivity contribution in [3.05, 3.63) is 0 Å². The fourth-order valence-corrected chi connectivity index (χ4v) is 1.55. The summed E-state index contributed by atoms with van der Waals surface area (Å²) in [5.74, 6) is 3.78. The molecule has 0 aliphatic carbocycles. The summed E-state index contributed by atoms with van der Waals surface area (Å²) in [5.41, 5.74) is 7.62. The van der Waals surface area contributed by atoms with Gasteiger partial charge in [-0.2, -0.15) is 0 Å². The molecular weight excluding hydrogens is 214 g/mol. The molecule has 1 amide bonds. The van der Waals surface area contributed by atoms with Crippen molar-refractivity contribution in [3.8, 4) is 0 Å². The topological polar surface area (TPSA) is 120 Å². The molecule has 94 valence electrons. The van der Waals surface area contributed by atoms with E-state index in [9.17, 15) is 9.90 Å². The van der Waals surface area contributed by atoms with Crippen molar-refractivity contribution >= 4 is 5.91 Å². The number of hydrogen-bond donors (Lipinski definition) is 4. The summed E-state index contributed by atoms with van der Waals surface area (Å²) in [6.07, 6.45) is -1.53. The highest BCUT2D eigenvalue weighted by Crippen LogP contribution is 2.25. The average Bonchev–Trinajstić information content (AvgIpc) is 2.57. The third kappa shape index (κ3) is 3.39. The normalized spacial score (nSPS) is 27.4. The van der Waals surface area contributed by atoms with E-state index in [1.807, 2.05) is 5.43 Å². The van der Waals surface area contributed by atoms with Crippen LogP contribution in [0.3, 0.4) is 0 Å². The molecule has 1 saturated heterocycles. The van der Waals surface area contributed by atoms with Crippen molar-refractivity contribution in [2.24, 2.45) is 11.6 Å². The van der Waals surface area contributed by atoms with Crippen molar-refractivity contribution < 1.29 is 19.4 Å². The number of nitrogens with one attached hydrogen (secondary N) is 1. The predicted octanol–water partition coefficient (Wildman–Crippen LogP) is -1.79. The molecule has 0 aromatic rings. The van der Waals surface area contributed by atoms with Crippen LogP contribution in [-0.2, 0) is 14.3 Å². The molecule has 3 atom stereocenters. The van der Waals surface area contributed by atoms with Gasteiger partial charge in [-0.1, -0.05) is 0 Å². The van der Waals surface area contributed by atoms with Crippen LogP contribution in [0.1, 0.15) is 20.3 Å². The van der Waals surface area contributed by atoms with Crippen LogP contribution in [0.15, 0.2) is 0 Å². The first-order chi connectivity index (χ1) is 7.35. The fraction of sp³-hybridized carbons (Fsp3) is 0.889. The maximum Gasteiger partial charge on any atom is 0.235 e. The van der Waals surface area contributed by atoms with E-state index in [2.05, 4.69) is 0 Å². The minimum atomic E-state index is -0.959. The monoisotopic (exact) mass is 233 g/mol. The second-order valence-electron chi connectivity index (χ2n) is 4.29. The highest BCUT2D eigenvalue weighted by Gasteiger charge is 2.39. The van der Waals surface area contributed by atoms with Crippen LogP contribution in [0, 0.1) is 0 Å². The van der Waals surface area contributed by atoms with Gasteiger partial charge < -0.3 is 20.3 Å². The number of hydrazine groups is 1. The first-order valence-electron chi connectivity index (χ1n) is 5.10. The minimum absolute atomic E-state index is 0.0576. The Labute approximate surface area is 94.0 Å². The summed E-state index contributed by atoms with van der Waals surface area (Å²) in [6.45, 7) is 3.75. The number of aliphatic hydroxyl groups excluding tert-OH is 1. The molecule has 1 aliphatic heterocycles. The van der Waals surface area contributed by atoms with E-state index in [1.165, 1.54) is 0 Å². The van der Waals surface area contributed by atoms with Crippen LogP contribution in [0.4, 0.5) is 0 Å². The van der Waals surface area contributed by atoms with Crippen molar-refractivity contribution in [1.29, 1.82) is 0 Å². The standard InChI is InChI=1S/C9H19N3O4/c1-9(2)15-4-6(16-9)8(14)5(10)3-7(13)12-11/h5-6,8,14H,3-4,10-11H2,1-2H3,(H,12,13)/t5-,6-,8+/m1/s1. The summed E-state index contributed by atoms with van der Waals surface area (Å²) < 4.78 is 10.7. The Morgan fingerprint density at radius 3 is 2.75 bits per heavy atom. The second kappa shape index (κ2) is 5.07. The maximum atomic E-state index is 11.0. The first-order valence-corrected chi connectivity index (χ1v) is 5.10. The highest BCUT2D eigenvalue weighted by molar-refractivity contribution is 5.75. The van der Waals surface area contributed by atoms with Gasteiger partial charge in [-0.25, -0.2) is 5.84 Å². The number of hydrogen-bond acceptors (Lipinski definition) is 6. The number of rotatable bonds is 4. The number of aliphatic hydroxyl groups is 1. The lowest BCUT2D eigenvalue weighted by Gasteiger charge is -2.24. The molecule has 16 heavy (non-hydrogen) atoms. The van der Waals surface area contributed by atoms with Crippen molar-refractivity contribution in [1.82, 2.24) is 5.43 Å². The van der Waals surface area contributed by atoms with E-state index in [4.69, 9.17) is 21.1 Å². The fourth-order valence-electron chi connectivity index (χ4n) is 1.55. The van der Waals surface area contributed by atoms with Gasteiger partial charge >= 0.3 is 0 Å². The van der Waals surface area contributed by atoms with Gasteiger partial charge in [0.1, 0.15) is 6.10 Å². The number of carbonyl (C=O) groups is 1. The molecular formula is C9H19N3O4. The Hall–Kier alpha value is -0.730. The summed E-state index contributed by atoms with van der Waals surface area (Å²) in [4.78, 5) is 11.0. The molecule has 0 aromatic heterocycles. The van der Waals surface area contributed by atoms with Crippen molar-refractivity contribution in [2.75, 3.05) is 6.61 Å². The summed E-state index contributed by atoms with van der Waals surface area (Å²) >= 11 is 0. The molecule has 0 bridgehead atoms. The SMILES string of the molecule is CC1(C)OC[C@H]([C@@H](O)[C@H](N)CC(=O)NN)O1. The molecule has 0 aromatic carbocycles. The molecule has 7 nitrogen and oxygen atoms in total. The number of nitrogens with two attached hydrogens (primary N) is 2. The van der Waals surface area contributed by atoms with Crippen LogP contribution in [0.5, 0.6) is 0 Å². The molecule has 0 radical (unpaired) electrons. The third-order valence-corrected chi connectivity index (χ3v) is 2.43. The van der Waals surface area contributed by atoms with Crippen molar-refractivity contribution in [2.45, 2.75) is 44.3 Å². The minimum Gasteiger partial charge on any atom is -0.389 e. The number of amides is 1. The molecule has 7 heteroatoms. The Morgan fingerprint density at radius 2 is 2.31 bits per heavy atom. The van der Waals surface area contributed by atoms with Gasteiger partial charge in [-0.3, -0.25) is 10.2 Å². The highest BCUT2D eigenvalue weighted by atomic mass is 16.7. The Kier molecular flexibility index (Phi) is 4.22. The van der Waals surface area contributed by atoms with E-state index in [1.54, 1.807) is 13.8 Å². The zero-order valence-electron chi connectivity index (χ0n) is 9.47. The van der Waals surface area contributed by atoms with Gasteiger partial charge in [-0.05, 0) is 13.8 Å². The molecule has 1 aliphatic rings. The summed E-state index contributed by atoms with van der Waals surface area (Å²) in [5, 5.41) is 9.84. The molecule has 1 heterocycles. The van der Waals surface area contributed by atoms with Crippen molar-refractivity contribution in [3.63, 3.8) is 0 Å². The predicted molar refractivity (Wildman–Crippen MR) is 55.8 cm³/mol. The molecule has 1 rings (SSSR count). The second-order valence-corrected chi connectivity index (χ2v) is 4.29. The van der Waals surface area contributed by atoms with Crippen LogP contribution in [0.2, 0.25) is 0 Å². The summed E-state index contributed by atoms with van der Waals surface area (Å²) in [6, 6.07) is -0.731. The average molecular weight is 233 g/mol. The van der Waals surface area contributed by atoms with Gasteiger partial charge in [0, 0.05) is 12.5 Å². The van der Waals surface area contributed by atoms with Crippen LogP contribution < -0.4 is 17.0 Å². The zero-order valence-corrected chi connectivity index (χ0v) is 9.47. The Morgan fingerprint density at radius 1 is 1.69 bits per heavy atom. The number of carbonyl (C=O) groups excluding carboxylic acids is 1. The molecule has 1 fully saturated rings. The zero-order chi connectivity index (χ0) is 12.3. The van der Waals surface area contributed by atoms with Gasteiger partial charge in [0.15, 0.2) is 5.79 Å². The Bertz CT molecular complexity index is 259. The maximum absolute atomic E-state index is 11.0. The third-order valence-electron chi connectivity index (χ3n) is 2.43. The van der Waals surface area contributed by atoms with E-state index >= 15 is 0 Å². The van der Waals surface area contributed by atoms with Gasteiger partial charge in [0.05, 0.1) is 12.7 Å². The van der Waals surface area contributed by atoms with Crippen LogP contribution >= 0.6 is 0 Å². The smallest absolute Gasteiger partial charge is 0.235 e. The van der Waals surface area contributed by atoms with Crippen LogP contribution in [-0.4, -0.2) is 41.7 Å². The first kappa shape index (κ1) is 13.3. The molecule has 0 unspecified atom stereocenters. The summed E-state index contributed by atoms with van der Waals surface area (Å²) in [7, 11) is 0. The molecule has 0 saturated carbocycles. The van der Waals surface area contributed by atoms with E-state index in [-0.39, 0.29) is 13.0 Å². The van der Waals surface area contributed by atoms with Gasteiger partial charge in [-0.15, -0.1) is 0 Å². The number of ether oxygens (including phenoxy) is 2. The van der Waals surface area contributed by atoms with Crippen LogP contribution in [0.25, 0.3) is 0 Å². The lowest BCUT2D eigenvalue weighted by Crippen LogP contribution is -2.47. The largest absolute Gasteiger partial charge is 0.389 e. The van der Waals surface area contributed by atoms with E-state index < -0.39 is 29.9 Å². The lowest BCUT2D eigenvalue weighted by atomic mass is 10.0. The quantitative estimate of drug-likeness (QED) is 0.258. The van der Waals surface area contributed by atoms with Gasteiger partial charge in [0.25, 0.3) is 0 Å². The lowest BCUT2D eigenvalue weighted by molar-refractivity contribution is -0.153. The van der Waals surface area contributed by atoms with Gasteiger partial charge in [0.2, 0.25) is 5.91 Å². The van der Waals surface area contributed by atoms with E-state index in [0.717, 1.165) is 0 Å². The van der Waals surface area contributed by atoms with E-state index in [0.29, 0.717) is 0 Å². The Balaban J connectivity index is 2.45. The molecule has 0 spiro atoms. The molecule has 6 N–H and O–H groups in total.